The highest BCUT2D eigenvalue weighted by atomic mass is 35.5. The summed E-state index contributed by atoms with van der Waals surface area (Å²) in [6.07, 6.45) is 3.93. The number of esters is 2. The molecule has 0 spiro atoms. The molecule has 3 aromatic carbocycles. The molecule has 1 aromatic heterocycles. The van der Waals surface area contributed by atoms with Gasteiger partial charge in [0.05, 0.1) is 24.2 Å². The van der Waals surface area contributed by atoms with Crippen molar-refractivity contribution in [2.75, 3.05) is 33.4 Å². The van der Waals surface area contributed by atoms with Crippen molar-refractivity contribution in [1.29, 1.82) is 0 Å². The van der Waals surface area contributed by atoms with Crippen LogP contribution in [0.25, 0.3) is 0 Å². The number of carbonyl (C=O) groups excluding carboxylic acids is 2. The van der Waals surface area contributed by atoms with Crippen LogP contribution >= 0.6 is 23.2 Å². The minimum absolute atomic E-state index is 0.0176. The smallest absolute Gasteiger partial charge is 0.387 e. The Kier molecular flexibility index (Phi) is 13.1. The van der Waals surface area contributed by atoms with E-state index >= 15 is 0 Å². The first-order chi connectivity index (χ1) is 28.3. The molecule has 3 saturated heterocycles. The van der Waals surface area contributed by atoms with Gasteiger partial charge in [-0.2, -0.15) is 18.2 Å². The summed E-state index contributed by atoms with van der Waals surface area (Å²) in [6.45, 7) is -0.494. The Morgan fingerprint density at radius 1 is 0.949 bits per heavy atom. The van der Waals surface area contributed by atoms with Crippen LogP contribution in [0.15, 0.2) is 84.0 Å². The molecular formula is C41H41Cl2F2N3O10S. The first-order valence-corrected chi connectivity index (χ1v) is 21.2. The van der Waals surface area contributed by atoms with Crippen LogP contribution in [-0.4, -0.2) is 71.3 Å². The van der Waals surface area contributed by atoms with Gasteiger partial charge in [-0.1, -0.05) is 47.5 Å². The number of sulfonamides is 1. The van der Waals surface area contributed by atoms with Crippen LogP contribution < -0.4 is 23.7 Å². The Morgan fingerprint density at radius 3 is 2.27 bits per heavy atom. The molecule has 4 fully saturated rings. The van der Waals surface area contributed by atoms with Crippen molar-refractivity contribution < 1.29 is 55.2 Å². The molecule has 13 nitrogen and oxygen atoms in total. The fraction of sp³-hybridized carbons (Fsp3) is 0.390. The van der Waals surface area contributed by atoms with Crippen molar-refractivity contribution in [3.8, 4) is 17.2 Å². The first-order valence-electron chi connectivity index (χ1n) is 18.9. The number of rotatable bonds is 17. The number of aromatic nitrogens is 1. The summed E-state index contributed by atoms with van der Waals surface area (Å²) >= 11 is 12.8. The number of methoxy groups -OCH3 is 1. The van der Waals surface area contributed by atoms with Gasteiger partial charge < -0.3 is 28.9 Å². The lowest BCUT2D eigenvalue weighted by Gasteiger charge is -2.44. The van der Waals surface area contributed by atoms with Crippen molar-refractivity contribution in [2.24, 2.45) is 11.8 Å². The van der Waals surface area contributed by atoms with E-state index < -0.39 is 46.8 Å². The summed E-state index contributed by atoms with van der Waals surface area (Å²) in [5.41, 5.74) is 0.636. The molecule has 18 heteroatoms. The summed E-state index contributed by atoms with van der Waals surface area (Å²) in [4.78, 5) is 29.6. The topological polar surface area (TPSA) is 157 Å². The predicted octanol–water partition coefficient (Wildman–Crippen LogP) is 6.82. The Bertz CT molecular complexity index is 2250. The third kappa shape index (κ3) is 10.5. The SMILES string of the molecule is COc1ccc(C(NS(=O)(=O)c2cccc(C(=O)O[C@@H](Cc3c(Cl)c[n+]([O-])cc3Cl)c3ccc(OC(F)F)c(OCC4CC4)c3)c2)C(=O)O[C@H]2CN3CCC2CC3)cc1. The Morgan fingerprint density at radius 2 is 1.64 bits per heavy atom. The van der Waals surface area contributed by atoms with Gasteiger partial charge in [0.1, 0.15) is 34.0 Å². The molecular weight excluding hydrogens is 835 g/mol. The van der Waals surface area contributed by atoms with Gasteiger partial charge in [0.15, 0.2) is 23.9 Å². The van der Waals surface area contributed by atoms with Gasteiger partial charge in [-0.15, -0.1) is 0 Å². The van der Waals surface area contributed by atoms with Crippen molar-refractivity contribution in [1.82, 2.24) is 9.62 Å². The normalized spacial score (nSPS) is 19.8. The van der Waals surface area contributed by atoms with Crippen molar-refractivity contribution >= 4 is 45.2 Å². The molecule has 0 amide bonds. The number of carbonyl (C=O) groups is 2. The number of piperidine rings is 3. The number of ether oxygens (including phenoxy) is 5. The second-order valence-electron chi connectivity index (χ2n) is 14.7. The monoisotopic (exact) mass is 875 g/mol. The fourth-order valence-electron chi connectivity index (χ4n) is 7.18. The average Bonchev–Trinajstić information content (AvgIpc) is 4.05. The quantitative estimate of drug-likeness (QED) is 0.0675. The number of fused-ring (bicyclic) bond motifs is 3. The number of alkyl halides is 2. The second kappa shape index (κ2) is 18.3. The van der Waals surface area contributed by atoms with E-state index in [9.17, 15) is 32.0 Å². The van der Waals surface area contributed by atoms with E-state index in [0.29, 0.717) is 22.6 Å². The molecule has 314 valence electrons. The third-order valence-corrected chi connectivity index (χ3v) is 12.7. The zero-order valence-electron chi connectivity index (χ0n) is 31.7. The Labute approximate surface area is 349 Å². The molecule has 59 heavy (non-hydrogen) atoms. The average molecular weight is 877 g/mol. The molecule has 4 aromatic rings. The van der Waals surface area contributed by atoms with E-state index in [1.54, 1.807) is 24.3 Å². The van der Waals surface area contributed by atoms with E-state index in [1.165, 1.54) is 43.5 Å². The van der Waals surface area contributed by atoms with Crippen LogP contribution in [0.1, 0.15) is 64.9 Å². The highest BCUT2D eigenvalue weighted by molar-refractivity contribution is 7.89. The van der Waals surface area contributed by atoms with Crippen LogP contribution in [0.3, 0.4) is 0 Å². The minimum atomic E-state index is -4.51. The van der Waals surface area contributed by atoms with Crippen molar-refractivity contribution in [3.05, 3.63) is 117 Å². The lowest BCUT2D eigenvalue weighted by atomic mass is 9.86. The molecule has 1 aliphatic carbocycles. The van der Waals surface area contributed by atoms with E-state index in [1.807, 2.05) is 0 Å². The summed E-state index contributed by atoms with van der Waals surface area (Å²) < 4.78 is 85.3. The molecule has 3 atom stereocenters. The molecule has 2 bridgehead atoms. The largest absolute Gasteiger partial charge is 0.619 e. The Hall–Kier alpha value is -4.74. The highest BCUT2D eigenvalue weighted by Gasteiger charge is 2.39. The zero-order valence-corrected chi connectivity index (χ0v) is 34.1. The number of nitrogens with zero attached hydrogens (tertiary/aromatic N) is 2. The van der Waals surface area contributed by atoms with Gasteiger partial charge >= 0.3 is 18.6 Å². The second-order valence-corrected chi connectivity index (χ2v) is 17.2. The van der Waals surface area contributed by atoms with Crippen LogP contribution in [0.2, 0.25) is 10.0 Å². The number of halogens is 4. The van der Waals surface area contributed by atoms with Crippen molar-refractivity contribution in [2.45, 2.75) is 61.9 Å². The molecule has 8 rings (SSSR count). The summed E-state index contributed by atoms with van der Waals surface area (Å²) in [5, 5.41) is 11.9. The number of benzene rings is 3. The maximum absolute atomic E-state index is 14.0. The van der Waals surface area contributed by atoms with E-state index in [2.05, 4.69) is 14.4 Å². The van der Waals surface area contributed by atoms with Crippen LogP contribution in [-0.2, 0) is 30.7 Å². The summed E-state index contributed by atoms with van der Waals surface area (Å²) in [7, 11) is -3.03. The summed E-state index contributed by atoms with van der Waals surface area (Å²) in [5.74, 6) is -1.08. The number of hydrogen-bond donors (Lipinski definition) is 1. The van der Waals surface area contributed by atoms with Crippen molar-refractivity contribution in [3.63, 3.8) is 0 Å². The lowest BCUT2D eigenvalue weighted by Crippen LogP contribution is -2.52. The van der Waals surface area contributed by atoms with E-state index in [-0.39, 0.29) is 68.0 Å². The molecule has 1 unspecified atom stereocenters. The van der Waals surface area contributed by atoms with Gasteiger partial charge in [-0.3, -0.25) is 4.90 Å². The third-order valence-electron chi connectivity index (χ3n) is 10.6. The maximum atomic E-state index is 14.0. The van der Waals surface area contributed by atoms with Gasteiger partial charge in [0.25, 0.3) is 0 Å². The van der Waals surface area contributed by atoms with Gasteiger partial charge in [0, 0.05) is 18.5 Å². The van der Waals surface area contributed by atoms with Crippen LogP contribution in [0.5, 0.6) is 17.2 Å². The first kappa shape index (κ1) is 42.4. The minimum Gasteiger partial charge on any atom is -0.619 e. The summed E-state index contributed by atoms with van der Waals surface area (Å²) in [6, 6.07) is 14.0. The maximum Gasteiger partial charge on any atom is 0.387 e. The molecule has 1 saturated carbocycles. The lowest BCUT2D eigenvalue weighted by molar-refractivity contribution is -0.605. The number of hydrogen-bond acceptors (Lipinski definition) is 11. The number of pyridine rings is 1. The van der Waals surface area contributed by atoms with Crippen LogP contribution in [0, 0.1) is 17.0 Å². The molecule has 0 radical (unpaired) electrons. The van der Waals surface area contributed by atoms with Crippen LogP contribution in [0.4, 0.5) is 8.78 Å². The molecule has 3 aliphatic heterocycles. The molecule has 4 heterocycles. The predicted molar refractivity (Wildman–Crippen MR) is 210 cm³/mol. The van der Waals surface area contributed by atoms with Gasteiger partial charge in [-0.25, -0.2) is 18.0 Å². The number of nitrogens with one attached hydrogen (secondary N) is 1. The van der Waals surface area contributed by atoms with Gasteiger partial charge in [-0.05, 0) is 104 Å². The molecule has 4 aliphatic rings. The van der Waals surface area contributed by atoms with E-state index in [4.69, 9.17) is 42.1 Å². The highest BCUT2D eigenvalue weighted by Crippen LogP contribution is 2.38. The molecule has 1 N–H and O–H groups in total. The van der Waals surface area contributed by atoms with E-state index in [0.717, 1.165) is 57.2 Å². The fourth-order valence-corrected chi connectivity index (χ4v) is 9.00. The Balaban J connectivity index is 1.16. The zero-order chi connectivity index (χ0) is 41.8. The standard InChI is InChI=1S/C41H41Cl2F2N3O10S/c1-54-29-10-7-26(8-11-29)38(40(50)57-37-22-47-15-13-25(37)14-16-47)46-59(52,53)30-4-2-3-28(17-30)39(49)56-35(19-31-32(42)20-48(51)21-33(31)43)27-9-12-34(58-41(44)45)36(18-27)55-23-24-5-6-24/h2-4,7-12,17-18,20-21,24-25,35,37-38,41,46H,5-6,13-16,19,22-23H2,1H3/t35-,37-,38?/m0/s1. The van der Waals surface area contributed by atoms with Gasteiger partial charge in [0.2, 0.25) is 10.0 Å².